The van der Waals surface area contributed by atoms with Crippen molar-refractivity contribution in [3.05, 3.63) is 17.0 Å². The van der Waals surface area contributed by atoms with E-state index in [1.165, 1.54) is 38.5 Å². The average Bonchev–Trinajstić information content (AvgIpc) is 2.73. The maximum absolute atomic E-state index is 12.8. The zero-order chi connectivity index (χ0) is 15.0. The van der Waals surface area contributed by atoms with Crippen molar-refractivity contribution in [2.75, 3.05) is 6.54 Å². The molecule has 2 heterocycles. The molecule has 21 heavy (non-hydrogen) atoms. The van der Waals surface area contributed by atoms with Crippen molar-refractivity contribution in [3.8, 4) is 0 Å². The van der Waals surface area contributed by atoms with E-state index < -0.39 is 0 Å². The van der Waals surface area contributed by atoms with Crippen molar-refractivity contribution in [2.45, 2.75) is 64.8 Å². The molecule has 1 amide bonds. The predicted octanol–water partition coefficient (Wildman–Crippen LogP) is 2.76. The van der Waals surface area contributed by atoms with Crippen LogP contribution in [0.1, 0.15) is 55.5 Å². The van der Waals surface area contributed by atoms with Gasteiger partial charge in [-0.3, -0.25) is 9.48 Å². The highest BCUT2D eigenvalue weighted by Crippen LogP contribution is 2.35. The lowest BCUT2D eigenvalue weighted by atomic mass is 9.78. The second kappa shape index (κ2) is 5.82. The van der Waals surface area contributed by atoms with Crippen LogP contribution in [0.25, 0.3) is 0 Å². The quantitative estimate of drug-likeness (QED) is 0.839. The summed E-state index contributed by atoms with van der Waals surface area (Å²) in [7, 11) is 1.95. The van der Waals surface area contributed by atoms with Crippen LogP contribution in [0.15, 0.2) is 0 Å². The van der Waals surface area contributed by atoms with E-state index in [9.17, 15) is 4.79 Å². The maximum Gasteiger partial charge on any atom is 0.227 e. The molecule has 116 valence electrons. The molecule has 3 rings (SSSR count). The highest BCUT2D eigenvalue weighted by Gasteiger charge is 2.35. The molecule has 1 saturated heterocycles. The molecule has 4 nitrogen and oxygen atoms in total. The third kappa shape index (κ3) is 2.72. The van der Waals surface area contributed by atoms with E-state index in [0.717, 1.165) is 29.4 Å². The van der Waals surface area contributed by atoms with Gasteiger partial charge in [-0.05, 0) is 45.4 Å². The molecular formula is C17H27N3O. The van der Waals surface area contributed by atoms with Gasteiger partial charge in [0.25, 0.3) is 0 Å². The number of likely N-dealkylation sites (tertiary alicyclic amines) is 1. The maximum atomic E-state index is 12.8. The molecule has 0 N–H and O–H groups in total. The number of piperidine rings is 1. The van der Waals surface area contributed by atoms with Crippen molar-refractivity contribution < 1.29 is 4.79 Å². The van der Waals surface area contributed by atoms with Crippen LogP contribution in [0.5, 0.6) is 0 Å². The molecule has 1 aromatic heterocycles. The van der Waals surface area contributed by atoms with Crippen LogP contribution >= 0.6 is 0 Å². The van der Waals surface area contributed by atoms with Gasteiger partial charge < -0.3 is 4.90 Å². The molecule has 0 radical (unpaired) electrons. The van der Waals surface area contributed by atoms with Gasteiger partial charge >= 0.3 is 0 Å². The molecule has 0 aromatic carbocycles. The largest absolute Gasteiger partial charge is 0.339 e. The third-order valence-corrected chi connectivity index (χ3v) is 5.55. The first-order valence-corrected chi connectivity index (χ1v) is 8.36. The topological polar surface area (TPSA) is 38.1 Å². The Morgan fingerprint density at radius 1 is 1.19 bits per heavy atom. The minimum Gasteiger partial charge on any atom is -0.339 e. The number of fused-ring (bicyclic) bond motifs is 1. The van der Waals surface area contributed by atoms with Crippen molar-refractivity contribution in [1.82, 2.24) is 14.7 Å². The zero-order valence-electron chi connectivity index (χ0n) is 13.6. The molecule has 1 saturated carbocycles. The van der Waals surface area contributed by atoms with Gasteiger partial charge in [-0.2, -0.15) is 5.10 Å². The van der Waals surface area contributed by atoms with E-state index in [1.807, 2.05) is 18.7 Å². The van der Waals surface area contributed by atoms with Gasteiger partial charge in [-0.25, -0.2) is 0 Å². The van der Waals surface area contributed by atoms with E-state index in [0.29, 0.717) is 18.4 Å². The summed E-state index contributed by atoms with van der Waals surface area (Å²) in [5.41, 5.74) is 3.25. The molecule has 4 heteroatoms. The fraction of sp³-hybridized carbons (Fsp3) is 0.765. The lowest BCUT2D eigenvalue weighted by Crippen LogP contribution is -2.50. The number of rotatable bonds is 2. The van der Waals surface area contributed by atoms with Crippen molar-refractivity contribution in [1.29, 1.82) is 0 Å². The van der Waals surface area contributed by atoms with Crippen LogP contribution in [0.3, 0.4) is 0 Å². The summed E-state index contributed by atoms with van der Waals surface area (Å²) in [6, 6.07) is 0.511. The first-order valence-electron chi connectivity index (χ1n) is 8.36. The van der Waals surface area contributed by atoms with Gasteiger partial charge in [0, 0.05) is 30.9 Å². The van der Waals surface area contributed by atoms with Gasteiger partial charge in [0.2, 0.25) is 5.91 Å². The Hall–Kier alpha value is -1.32. The first-order chi connectivity index (χ1) is 10.1. The minimum absolute atomic E-state index is 0.311. The summed E-state index contributed by atoms with van der Waals surface area (Å²) in [6.07, 6.45) is 8.19. The number of aromatic nitrogens is 2. The summed E-state index contributed by atoms with van der Waals surface area (Å²) >= 11 is 0. The number of aryl methyl sites for hydroxylation is 2. The van der Waals surface area contributed by atoms with Crippen LogP contribution < -0.4 is 0 Å². The molecule has 1 aliphatic carbocycles. The van der Waals surface area contributed by atoms with Gasteiger partial charge in [0.05, 0.1) is 12.1 Å². The van der Waals surface area contributed by atoms with E-state index in [2.05, 4.69) is 16.9 Å². The average molecular weight is 289 g/mol. The number of nitrogens with zero attached hydrogens (tertiary/aromatic N) is 3. The van der Waals surface area contributed by atoms with E-state index in [4.69, 9.17) is 0 Å². The summed E-state index contributed by atoms with van der Waals surface area (Å²) < 4.78 is 1.89. The van der Waals surface area contributed by atoms with Crippen molar-refractivity contribution in [3.63, 3.8) is 0 Å². The summed E-state index contributed by atoms with van der Waals surface area (Å²) in [4.78, 5) is 15.0. The molecule has 0 spiro atoms. The van der Waals surface area contributed by atoms with Gasteiger partial charge in [-0.15, -0.1) is 0 Å². The SMILES string of the molecule is Cc1nn(C)c(C)c1CC(=O)N1CCC[C@@H]2CCCC[C@@H]21. The molecule has 1 aromatic rings. The Morgan fingerprint density at radius 2 is 1.90 bits per heavy atom. The third-order valence-electron chi connectivity index (χ3n) is 5.55. The molecule has 0 bridgehead atoms. The Bertz CT molecular complexity index is 532. The number of hydrogen-bond acceptors (Lipinski definition) is 2. The van der Waals surface area contributed by atoms with Gasteiger partial charge in [0.15, 0.2) is 0 Å². The van der Waals surface area contributed by atoms with Crippen molar-refractivity contribution in [2.24, 2.45) is 13.0 Å². The normalized spacial score (nSPS) is 25.8. The van der Waals surface area contributed by atoms with Gasteiger partial charge in [-0.1, -0.05) is 12.8 Å². The van der Waals surface area contributed by atoms with E-state index in [1.54, 1.807) is 0 Å². The molecule has 2 aliphatic rings. The molecule has 2 atom stereocenters. The molecular weight excluding hydrogens is 262 g/mol. The fourth-order valence-electron chi connectivity index (χ4n) is 4.26. The van der Waals surface area contributed by atoms with Crippen LogP contribution in [0.2, 0.25) is 0 Å². The highest BCUT2D eigenvalue weighted by atomic mass is 16.2. The molecule has 2 fully saturated rings. The second-order valence-corrected chi connectivity index (χ2v) is 6.79. The van der Waals surface area contributed by atoms with E-state index >= 15 is 0 Å². The minimum atomic E-state index is 0.311. The second-order valence-electron chi connectivity index (χ2n) is 6.79. The van der Waals surface area contributed by atoms with Crippen LogP contribution in [-0.4, -0.2) is 33.2 Å². The summed E-state index contributed by atoms with van der Waals surface area (Å²) in [6.45, 7) is 5.02. The highest BCUT2D eigenvalue weighted by molar-refractivity contribution is 5.79. The number of carbonyl (C=O) groups excluding carboxylic acids is 1. The standard InChI is InChI=1S/C17H27N3O/c1-12-15(13(2)19(3)18-12)11-17(21)20-10-6-8-14-7-4-5-9-16(14)20/h14,16H,4-11H2,1-3H3/t14-,16-/m0/s1. The van der Waals surface area contributed by atoms with Crippen LogP contribution in [0, 0.1) is 19.8 Å². The molecule has 1 aliphatic heterocycles. The number of hydrogen-bond donors (Lipinski definition) is 0. The lowest BCUT2D eigenvalue weighted by molar-refractivity contribution is -0.136. The Kier molecular flexibility index (Phi) is 4.05. The molecule has 0 unspecified atom stereocenters. The van der Waals surface area contributed by atoms with Gasteiger partial charge in [0.1, 0.15) is 0 Å². The Morgan fingerprint density at radius 3 is 2.62 bits per heavy atom. The Balaban J connectivity index is 1.75. The summed E-state index contributed by atoms with van der Waals surface area (Å²) in [5.74, 6) is 1.07. The zero-order valence-corrected chi connectivity index (χ0v) is 13.6. The Labute approximate surface area is 127 Å². The lowest BCUT2D eigenvalue weighted by Gasteiger charge is -2.44. The van der Waals surface area contributed by atoms with E-state index in [-0.39, 0.29) is 0 Å². The first kappa shape index (κ1) is 14.6. The number of carbonyl (C=O) groups is 1. The smallest absolute Gasteiger partial charge is 0.227 e. The van der Waals surface area contributed by atoms with Crippen LogP contribution in [0.4, 0.5) is 0 Å². The number of amides is 1. The van der Waals surface area contributed by atoms with Crippen LogP contribution in [-0.2, 0) is 18.3 Å². The fourth-order valence-corrected chi connectivity index (χ4v) is 4.26. The summed E-state index contributed by atoms with van der Waals surface area (Å²) in [5, 5.41) is 4.44. The monoisotopic (exact) mass is 289 g/mol. The predicted molar refractivity (Wildman–Crippen MR) is 83.1 cm³/mol. The van der Waals surface area contributed by atoms with Crippen molar-refractivity contribution >= 4 is 5.91 Å².